The molecule has 0 spiro atoms. The second kappa shape index (κ2) is 4.73. The van der Waals surface area contributed by atoms with Gasteiger partial charge in [-0.2, -0.15) is 5.10 Å². The smallest absolute Gasteiger partial charge is 0.254 e. The molecule has 2 aromatic rings. The molecule has 96 valence electrons. The number of hydrogen-bond donors (Lipinski definition) is 2. The summed E-state index contributed by atoms with van der Waals surface area (Å²) in [6.45, 7) is 3.84. The van der Waals surface area contributed by atoms with E-state index in [1.165, 1.54) is 4.52 Å². The van der Waals surface area contributed by atoms with Crippen LogP contribution in [0, 0.1) is 5.92 Å². The quantitative estimate of drug-likeness (QED) is 0.826. The molecule has 2 rings (SSSR count). The molecule has 0 fully saturated rings. The van der Waals surface area contributed by atoms with Crippen molar-refractivity contribution in [1.82, 2.24) is 14.6 Å². The van der Waals surface area contributed by atoms with E-state index in [2.05, 4.69) is 10.1 Å². The molecule has 18 heavy (non-hydrogen) atoms. The van der Waals surface area contributed by atoms with Crippen LogP contribution in [0.15, 0.2) is 18.5 Å². The van der Waals surface area contributed by atoms with Gasteiger partial charge in [0.2, 0.25) is 0 Å². The summed E-state index contributed by atoms with van der Waals surface area (Å²) in [6, 6.07) is 1.72. The van der Waals surface area contributed by atoms with Crippen LogP contribution in [0.5, 0.6) is 0 Å². The maximum Gasteiger partial charge on any atom is 0.254 e. The van der Waals surface area contributed by atoms with E-state index in [-0.39, 0.29) is 18.4 Å². The topological polar surface area (TPSA) is 93.5 Å². The highest BCUT2D eigenvalue weighted by molar-refractivity contribution is 6.00. The number of hydrogen-bond acceptors (Lipinski definition) is 4. The van der Waals surface area contributed by atoms with E-state index in [1.54, 1.807) is 18.5 Å². The van der Waals surface area contributed by atoms with E-state index < -0.39 is 5.91 Å². The molecule has 0 aliphatic rings. The van der Waals surface area contributed by atoms with Crippen LogP contribution < -0.4 is 5.73 Å². The lowest BCUT2D eigenvalue weighted by Crippen LogP contribution is -2.19. The van der Waals surface area contributed by atoms with Gasteiger partial charge in [-0.3, -0.25) is 4.79 Å². The zero-order chi connectivity index (χ0) is 13.3. The highest BCUT2D eigenvalue weighted by Crippen LogP contribution is 2.27. The Morgan fingerprint density at radius 3 is 2.83 bits per heavy atom. The van der Waals surface area contributed by atoms with Crippen molar-refractivity contribution >= 4 is 11.6 Å². The maximum absolute atomic E-state index is 11.6. The first kappa shape index (κ1) is 12.5. The van der Waals surface area contributed by atoms with Crippen molar-refractivity contribution in [3.63, 3.8) is 0 Å². The molecule has 1 atom stereocenters. The predicted octanol–water partition coefficient (Wildman–Crippen LogP) is 0.560. The third-order valence-electron chi connectivity index (χ3n) is 3.02. The predicted molar refractivity (Wildman–Crippen MR) is 66.2 cm³/mol. The third-order valence-corrected chi connectivity index (χ3v) is 3.02. The number of aromatic nitrogens is 3. The normalized spacial score (nSPS) is 13.1. The average Bonchev–Trinajstić information content (AvgIpc) is 2.68. The molecule has 1 amide bonds. The summed E-state index contributed by atoms with van der Waals surface area (Å²) < 4.78 is 1.51. The van der Waals surface area contributed by atoms with Gasteiger partial charge >= 0.3 is 0 Å². The molecule has 0 aromatic carbocycles. The number of carbonyl (C=O) groups is 1. The Labute approximate surface area is 104 Å². The van der Waals surface area contributed by atoms with E-state index in [9.17, 15) is 9.90 Å². The molecular weight excluding hydrogens is 232 g/mol. The molecule has 0 aliphatic heterocycles. The first-order valence-corrected chi connectivity index (χ1v) is 5.80. The van der Waals surface area contributed by atoms with Crippen LogP contribution in [0.4, 0.5) is 0 Å². The van der Waals surface area contributed by atoms with Gasteiger partial charge in [-0.25, -0.2) is 9.50 Å². The van der Waals surface area contributed by atoms with Gasteiger partial charge in [0.05, 0.1) is 12.3 Å². The van der Waals surface area contributed by atoms with Gasteiger partial charge in [-0.05, 0) is 12.0 Å². The van der Waals surface area contributed by atoms with E-state index >= 15 is 0 Å². The van der Waals surface area contributed by atoms with Crippen molar-refractivity contribution in [2.45, 2.75) is 19.8 Å². The number of aliphatic hydroxyl groups excluding tert-OH is 1. The third kappa shape index (κ3) is 1.95. The first-order valence-electron chi connectivity index (χ1n) is 5.80. The summed E-state index contributed by atoms with van der Waals surface area (Å²) in [7, 11) is 0. The summed E-state index contributed by atoms with van der Waals surface area (Å²) in [4.78, 5) is 15.7. The minimum atomic E-state index is -0.571. The number of carbonyl (C=O) groups excluding carboxylic acids is 1. The monoisotopic (exact) mass is 248 g/mol. The number of nitrogens with zero attached hydrogens (tertiary/aromatic N) is 3. The van der Waals surface area contributed by atoms with Gasteiger partial charge in [0.25, 0.3) is 5.91 Å². The summed E-state index contributed by atoms with van der Waals surface area (Å²) in [5.74, 6) is -0.648. The molecule has 0 aliphatic carbocycles. The van der Waals surface area contributed by atoms with Gasteiger partial charge in [-0.1, -0.05) is 13.8 Å². The zero-order valence-corrected chi connectivity index (χ0v) is 10.4. The highest BCUT2D eigenvalue weighted by atomic mass is 16.3. The fourth-order valence-electron chi connectivity index (χ4n) is 2.01. The van der Waals surface area contributed by atoms with Crippen molar-refractivity contribution in [1.29, 1.82) is 0 Å². The number of amides is 1. The Morgan fingerprint density at radius 1 is 1.56 bits per heavy atom. The number of fused-ring (bicyclic) bond motifs is 1. The second-order valence-corrected chi connectivity index (χ2v) is 4.55. The Balaban J connectivity index is 2.69. The fraction of sp³-hybridized carbons (Fsp3) is 0.417. The molecular formula is C12H16N4O2. The minimum Gasteiger partial charge on any atom is -0.396 e. The van der Waals surface area contributed by atoms with Gasteiger partial charge in [0, 0.05) is 18.3 Å². The van der Waals surface area contributed by atoms with Crippen LogP contribution >= 0.6 is 0 Å². The zero-order valence-electron chi connectivity index (χ0n) is 10.4. The number of nitrogens with two attached hydrogens (primary N) is 1. The van der Waals surface area contributed by atoms with E-state index in [4.69, 9.17) is 5.73 Å². The maximum atomic E-state index is 11.6. The summed E-state index contributed by atoms with van der Waals surface area (Å²) in [6.07, 6.45) is 3.28. The molecule has 0 bridgehead atoms. The van der Waals surface area contributed by atoms with Crippen molar-refractivity contribution in [2.75, 3.05) is 6.61 Å². The molecule has 2 heterocycles. The summed E-state index contributed by atoms with van der Waals surface area (Å²) >= 11 is 0. The van der Waals surface area contributed by atoms with Crippen molar-refractivity contribution in [3.05, 3.63) is 29.7 Å². The number of aliphatic hydroxyl groups is 1. The number of primary amides is 1. The average molecular weight is 248 g/mol. The Kier molecular flexibility index (Phi) is 3.29. The lowest BCUT2D eigenvalue weighted by Gasteiger charge is -2.16. The lowest BCUT2D eigenvalue weighted by molar-refractivity contribution is 0.0999. The fourth-order valence-corrected chi connectivity index (χ4v) is 2.01. The number of rotatable bonds is 4. The largest absolute Gasteiger partial charge is 0.396 e. The van der Waals surface area contributed by atoms with Gasteiger partial charge < -0.3 is 10.8 Å². The van der Waals surface area contributed by atoms with Gasteiger partial charge in [-0.15, -0.1) is 0 Å². The van der Waals surface area contributed by atoms with Crippen LogP contribution in [0.25, 0.3) is 5.65 Å². The molecule has 2 aromatic heterocycles. The molecule has 0 saturated carbocycles. The molecule has 3 N–H and O–H groups in total. The van der Waals surface area contributed by atoms with Crippen LogP contribution in [0.2, 0.25) is 0 Å². The Bertz CT molecular complexity index is 576. The standard InChI is InChI=1S/C12H16N4O2/c1-7(2)8(6-17)10-9(11(13)18)12-14-4-3-5-16(12)15-10/h3-5,7-8,17H,6H2,1-2H3,(H2,13,18)/t8-/m1/s1. The van der Waals surface area contributed by atoms with E-state index in [0.717, 1.165) is 0 Å². The van der Waals surface area contributed by atoms with Gasteiger partial charge in [0.15, 0.2) is 5.65 Å². The van der Waals surface area contributed by atoms with Crippen molar-refractivity contribution in [2.24, 2.45) is 11.7 Å². The Hall–Kier alpha value is -1.95. The van der Waals surface area contributed by atoms with E-state index in [1.807, 2.05) is 13.8 Å². The summed E-state index contributed by atoms with van der Waals surface area (Å²) in [5, 5.41) is 13.8. The van der Waals surface area contributed by atoms with Crippen LogP contribution in [0.1, 0.15) is 35.8 Å². The summed E-state index contributed by atoms with van der Waals surface area (Å²) in [5.41, 5.74) is 6.64. The van der Waals surface area contributed by atoms with Gasteiger partial charge in [0.1, 0.15) is 5.56 Å². The van der Waals surface area contributed by atoms with Crippen LogP contribution in [-0.4, -0.2) is 32.2 Å². The molecule has 6 nitrogen and oxygen atoms in total. The van der Waals surface area contributed by atoms with Crippen molar-refractivity contribution in [3.8, 4) is 0 Å². The molecule has 0 radical (unpaired) electrons. The lowest BCUT2D eigenvalue weighted by atomic mass is 9.91. The molecule has 0 unspecified atom stereocenters. The second-order valence-electron chi connectivity index (χ2n) is 4.55. The molecule has 0 saturated heterocycles. The highest BCUT2D eigenvalue weighted by Gasteiger charge is 2.26. The van der Waals surface area contributed by atoms with Crippen molar-refractivity contribution < 1.29 is 9.90 Å². The SMILES string of the molecule is CC(C)[C@@H](CO)c1nn2cccnc2c1C(N)=O. The first-order chi connectivity index (χ1) is 8.56. The Morgan fingerprint density at radius 2 is 2.28 bits per heavy atom. The van der Waals surface area contributed by atoms with E-state index in [0.29, 0.717) is 16.9 Å². The van der Waals surface area contributed by atoms with Crippen LogP contribution in [-0.2, 0) is 0 Å². The molecule has 6 heteroatoms. The van der Waals surface area contributed by atoms with Crippen LogP contribution in [0.3, 0.4) is 0 Å². The minimum absolute atomic E-state index is 0.0815.